The highest BCUT2D eigenvalue weighted by molar-refractivity contribution is 5.76. The Morgan fingerprint density at radius 3 is 2.47 bits per heavy atom. The lowest BCUT2D eigenvalue weighted by Crippen LogP contribution is -2.47. The molecule has 0 saturated carbocycles. The number of hydrogen-bond donors (Lipinski definition) is 2. The average Bonchev–Trinajstić information content (AvgIpc) is 2.29. The summed E-state index contributed by atoms with van der Waals surface area (Å²) >= 11 is 0. The van der Waals surface area contributed by atoms with Crippen molar-refractivity contribution >= 4 is 12.0 Å². The van der Waals surface area contributed by atoms with Gasteiger partial charge in [-0.2, -0.15) is 0 Å². The topological polar surface area (TPSA) is 69.6 Å². The molecule has 98 valence electrons. The highest BCUT2D eigenvalue weighted by atomic mass is 16.4. The highest BCUT2D eigenvalue weighted by Gasteiger charge is 2.20. The molecule has 5 nitrogen and oxygen atoms in total. The van der Waals surface area contributed by atoms with Crippen molar-refractivity contribution in [1.82, 2.24) is 10.2 Å². The van der Waals surface area contributed by atoms with E-state index in [9.17, 15) is 9.59 Å². The highest BCUT2D eigenvalue weighted by Crippen LogP contribution is 2.10. The van der Waals surface area contributed by atoms with Crippen molar-refractivity contribution in [2.75, 3.05) is 13.1 Å². The Hall–Kier alpha value is -1.26. The molecule has 1 rings (SSSR count). The predicted octanol–water partition coefficient (Wildman–Crippen LogP) is 1.83. The van der Waals surface area contributed by atoms with Crippen LogP contribution in [0.25, 0.3) is 0 Å². The second-order valence-electron chi connectivity index (χ2n) is 4.58. The number of hydrogen-bond acceptors (Lipinski definition) is 2. The van der Waals surface area contributed by atoms with Gasteiger partial charge >= 0.3 is 12.0 Å². The molecule has 1 atom stereocenters. The number of rotatable bonds is 5. The summed E-state index contributed by atoms with van der Waals surface area (Å²) in [5, 5.41) is 11.6. The van der Waals surface area contributed by atoms with Crippen LogP contribution in [0.4, 0.5) is 4.79 Å². The Labute approximate surface area is 102 Å². The van der Waals surface area contributed by atoms with E-state index in [4.69, 9.17) is 5.11 Å². The third-order valence-electron chi connectivity index (χ3n) is 3.03. The first-order chi connectivity index (χ1) is 8.13. The number of carboxylic acids is 1. The Balaban J connectivity index is 2.41. The molecule has 17 heavy (non-hydrogen) atoms. The minimum atomic E-state index is -0.859. The van der Waals surface area contributed by atoms with Gasteiger partial charge in [0.1, 0.15) is 0 Å². The van der Waals surface area contributed by atoms with Crippen LogP contribution in [0.5, 0.6) is 0 Å². The quantitative estimate of drug-likeness (QED) is 0.772. The van der Waals surface area contributed by atoms with Gasteiger partial charge < -0.3 is 15.3 Å². The van der Waals surface area contributed by atoms with E-state index in [-0.39, 0.29) is 18.5 Å². The van der Waals surface area contributed by atoms with Crippen LogP contribution in [0, 0.1) is 0 Å². The number of urea groups is 1. The van der Waals surface area contributed by atoms with Gasteiger partial charge in [-0.05, 0) is 25.7 Å². The van der Waals surface area contributed by atoms with Crippen molar-refractivity contribution in [2.24, 2.45) is 0 Å². The summed E-state index contributed by atoms with van der Waals surface area (Å²) in [5.41, 5.74) is 0. The van der Waals surface area contributed by atoms with Gasteiger partial charge in [0.2, 0.25) is 0 Å². The molecular weight excluding hydrogens is 220 g/mol. The lowest BCUT2D eigenvalue weighted by Gasteiger charge is -2.29. The normalized spacial score (nSPS) is 17.6. The lowest BCUT2D eigenvalue weighted by molar-refractivity contribution is -0.137. The summed E-state index contributed by atoms with van der Waals surface area (Å²) < 4.78 is 0. The lowest BCUT2D eigenvalue weighted by atomic mass is 10.1. The molecule has 1 heterocycles. The molecule has 0 aromatic carbocycles. The molecule has 0 spiro atoms. The molecular formula is C12H22N2O3. The zero-order chi connectivity index (χ0) is 12.7. The third kappa shape index (κ3) is 5.06. The molecule has 0 aliphatic carbocycles. The van der Waals surface area contributed by atoms with E-state index < -0.39 is 5.97 Å². The number of carbonyl (C=O) groups excluding carboxylic acids is 1. The number of amides is 2. The molecule has 0 aromatic heterocycles. The number of piperidine rings is 1. The Morgan fingerprint density at radius 1 is 1.29 bits per heavy atom. The molecule has 1 aliphatic heterocycles. The smallest absolute Gasteiger partial charge is 0.317 e. The van der Waals surface area contributed by atoms with E-state index in [1.807, 2.05) is 6.92 Å². The number of carboxylic acid groups (broad SMARTS) is 1. The molecule has 2 amide bonds. The van der Waals surface area contributed by atoms with Gasteiger partial charge in [0.25, 0.3) is 0 Å². The van der Waals surface area contributed by atoms with E-state index in [0.717, 1.165) is 32.4 Å². The second-order valence-corrected chi connectivity index (χ2v) is 4.58. The van der Waals surface area contributed by atoms with Crippen molar-refractivity contribution in [2.45, 2.75) is 51.5 Å². The first kappa shape index (κ1) is 13.8. The van der Waals surface area contributed by atoms with Crippen LogP contribution >= 0.6 is 0 Å². The van der Waals surface area contributed by atoms with Crippen LogP contribution in [-0.4, -0.2) is 41.1 Å². The monoisotopic (exact) mass is 242 g/mol. The maximum absolute atomic E-state index is 11.9. The molecule has 1 saturated heterocycles. The molecule has 1 fully saturated rings. The Bertz CT molecular complexity index is 262. The molecule has 1 aliphatic rings. The molecule has 0 radical (unpaired) electrons. The van der Waals surface area contributed by atoms with E-state index >= 15 is 0 Å². The summed E-state index contributed by atoms with van der Waals surface area (Å²) in [7, 11) is 0. The van der Waals surface area contributed by atoms with Crippen molar-refractivity contribution in [3.8, 4) is 0 Å². The van der Waals surface area contributed by atoms with Crippen LogP contribution in [0.3, 0.4) is 0 Å². The van der Waals surface area contributed by atoms with Gasteiger partial charge in [-0.25, -0.2) is 4.79 Å². The van der Waals surface area contributed by atoms with Crippen LogP contribution in [-0.2, 0) is 4.79 Å². The van der Waals surface area contributed by atoms with Crippen LogP contribution < -0.4 is 5.32 Å². The van der Waals surface area contributed by atoms with Crippen molar-refractivity contribution in [1.29, 1.82) is 0 Å². The number of nitrogens with one attached hydrogen (secondary N) is 1. The third-order valence-corrected chi connectivity index (χ3v) is 3.03. The fourth-order valence-corrected chi connectivity index (χ4v) is 2.15. The second kappa shape index (κ2) is 7.14. The zero-order valence-electron chi connectivity index (χ0n) is 10.4. The number of carbonyl (C=O) groups is 2. The van der Waals surface area contributed by atoms with Crippen molar-refractivity contribution < 1.29 is 14.7 Å². The average molecular weight is 242 g/mol. The first-order valence-corrected chi connectivity index (χ1v) is 6.40. The van der Waals surface area contributed by atoms with Crippen molar-refractivity contribution in [3.63, 3.8) is 0 Å². The molecule has 5 heteroatoms. The van der Waals surface area contributed by atoms with Gasteiger partial charge in [-0.3, -0.25) is 4.79 Å². The maximum Gasteiger partial charge on any atom is 0.317 e. The predicted molar refractivity (Wildman–Crippen MR) is 64.9 cm³/mol. The van der Waals surface area contributed by atoms with Crippen LogP contribution in [0.1, 0.15) is 45.4 Å². The Morgan fingerprint density at radius 2 is 1.94 bits per heavy atom. The SMILES string of the molecule is CCCC(CC(=O)O)NC(=O)N1CCCCC1. The van der Waals surface area contributed by atoms with Gasteiger partial charge in [-0.1, -0.05) is 13.3 Å². The van der Waals surface area contributed by atoms with E-state index in [0.29, 0.717) is 6.42 Å². The first-order valence-electron chi connectivity index (χ1n) is 6.40. The van der Waals surface area contributed by atoms with E-state index in [2.05, 4.69) is 5.32 Å². The maximum atomic E-state index is 11.9. The summed E-state index contributed by atoms with van der Waals surface area (Å²) in [4.78, 5) is 24.3. The van der Waals surface area contributed by atoms with E-state index in [1.54, 1.807) is 4.90 Å². The number of aliphatic carboxylic acids is 1. The molecule has 2 N–H and O–H groups in total. The Kier molecular flexibility index (Phi) is 5.80. The summed E-state index contributed by atoms with van der Waals surface area (Å²) in [6.07, 6.45) is 4.87. The standard InChI is InChI=1S/C12H22N2O3/c1-2-6-10(9-11(15)16)13-12(17)14-7-4-3-5-8-14/h10H,2-9H2,1H3,(H,13,17)(H,15,16). The minimum Gasteiger partial charge on any atom is -0.481 e. The van der Waals surface area contributed by atoms with Gasteiger partial charge in [0, 0.05) is 19.1 Å². The van der Waals surface area contributed by atoms with Gasteiger partial charge in [0.15, 0.2) is 0 Å². The summed E-state index contributed by atoms with van der Waals surface area (Å²) in [6, 6.07) is -0.351. The summed E-state index contributed by atoms with van der Waals surface area (Å²) in [5.74, 6) is -0.859. The van der Waals surface area contributed by atoms with E-state index in [1.165, 1.54) is 6.42 Å². The minimum absolute atomic E-state index is 0.00736. The number of likely N-dealkylation sites (tertiary alicyclic amines) is 1. The van der Waals surface area contributed by atoms with Gasteiger partial charge in [0.05, 0.1) is 6.42 Å². The number of nitrogens with zero attached hydrogens (tertiary/aromatic N) is 1. The molecule has 0 aromatic rings. The summed E-state index contributed by atoms with van der Waals surface area (Å²) in [6.45, 7) is 3.57. The fourth-order valence-electron chi connectivity index (χ4n) is 2.15. The van der Waals surface area contributed by atoms with Crippen molar-refractivity contribution in [3.05, 3.63) is 0 Å². The van der Waals surface area contributed by atoms with Gasteiger partial charge in [-0.15, -0.1) is 0 Å². The van der Waals surface area contributed by atoms with Crippen LogP contribution in [0.15, 0.2) is 0 Å². The van der Waals surface area contributed by atoms with Crippen LogP contribution in [0.2, 0.25) is 0 Å². The largest absolute Gasteiger partial charge is 0.481 e. The zero-order valence-corrected chi connectivity index (χ0v) is 10.4. The molecule has 1 unspecified atom stereocenters. The fraction of sp³-hybridized carbons (Fsp3) is 0.833. The molecule has 0 bridgehead atoms.